The summed E-state index contributed by atoms with van der Waals surface area (Å²) < 4.78 is 19.0. The molecule has 24 heavy (non-hydrogen) atoms. The lowest BCUT2D eigenvalue weighted by molar-refractivity contribution is 0.606. The van der Waals surface area contributed by atoms with Crippen molar-refractivity contribution in [2.24, 2.45) is 0 Å². The lowest BCUT2D eigenvalue weighted by Gasteiger charge is -2.18. The number of benzene rings is 2. The van der Waals surface area contributed by atoms with Gasteiger partial charge in [-0.25, -0.2) is 4.39 Å². The second-order valence-corrected chi connectivity index (χ2v) is 5.40. The molecule has 4 aromatic rings. The lowest BCUT2D eigenvalue weighted by Crippen LogP contribution is -2.12. The molecule has 1 unspecified atom stereocenters. The second-order valence-electron chi connectivity index (χ2n) is 5.40. The van der Waals surface area contributed by atoms with E-state index in [1.807, 2.05) is 36.4 Å². The molecule has 0 radical (unpaired) electrons. The highest BCUT2D eigenvalue weighted by Gasteiger charge is 2.17. The van der Waals surface area contributed by atoms with Gasteiger partial charge in [-0.05, 0) is 47.5 Å². The highest BCUT2D eigenvalue weighted by molar-refractivity contribution is 5.74. The Morgan fingerprint density at radius 2 is 1.58 bits per heavy atom. The van der Waals surface area contributed by atoms with Gasteiger partial charge in [-0.2, -0.15) is 4.98 Å². The number of halogens is 1. The molecule has 2 aromatic heterocycles. The summed E-state index contributed by atoms with van der Waals surface area (Å²) in [6, 6.07) is 18.0. The lowest BCUT2D eigenvalue weighted by atomic mass is 10.00. The molecule has 2 aromatic carbocycles. The van der Waals surface area contributed by atoms with Gasteiger partial charge in [0.15, 0.2) is 5.58 Å². The van der Waals surface area contributed by atoms with Crippen LogP contribution in [0.15, 0.2) is 77.5 Å². The van der Waals surface area contributed by atoms with E-state index in [1.165, 1.54) is 12.1 Å². The molecule has 0 amide bonds. The smallest absolute Gasteiger partial charge is 0.296 e. The van der Waals surface area contributed by atoms with Gasteiger partial charge in [0.1, 0.15) is 11.3 Å². The number of aromatic nitrogens is 2. The summed E-state index contributed by atoms with van der Waals surface area (Å²) >= 11 is 0. The molecule has 1 N–H and O–H groups in total. The average molecular weight is 319 g/mol. The van der Waals surface area contributed by atoms with Crippen LogP contribution >= 0.6 is 0 Å². The number of pyridine rings is 1. The van der Waals surface area contributed by atoms with E-state index in [0.717, 1.165) is 16.6 Å². The number of nitrogens with one attached hydrogen (secondary N) is 1. The normalized spacial score (nSPS) is 12.2. The Morgan fingerprint density at radius 1 is 0.875 bits per heavy atom. The summed E-state index contributed by atoms with van der Waals surface area (Å²) in [6.45, 7) is 0. The fourth-order valence-corrected chi connectivity index (χ4v) is 2.63. The van der Waals surface area contributed by atoms with Crippen LogP contribution in [-0.4, -0.2) is 9.97 Å². The first kappa shape index (κ1) is 14.4. The van der Waals surface area contributed by atoms with Crippen LogP contribution in [0.5, 0.6) is 0 Å². The molecular weight excluding hydrogens is 305 g/mol. The summed E-state index contributed by atoms with van der Waals surface area (Å²) in [4.78, 5) is 8.50. The maximum absolute atomic E-state index is 13.3. The Kier molecular flexibility index (Phi) is 3.67. The first-order chi connectivity index (χ1) is 11.8. The van der Waals surface area contributed by atoms with E-state index in [1.54, 1.807) is 24.5 Å². The summed E-state index contributed by atoms with van der Waals surface area (Å²) in [6.07, 6.45) is 3.44. The van der Waals surface area contributed by atoms with Gasteiger partial charge >= 0.3 is 0 Å². The van der Waals surface area contributed by atoms with Crippen molar-refractivity contribution in [3.63, 3.8) is 0 Å². The van der Waals surface area contributed by atoms with Crippen molar-refractivity contribution in [2.45, 2.75) is 6.04 Å². The largest absolute Gasteiger partial charge is 0.424 e. The van der Waals surface area contributed by atoms with Crippen LogP contribution in [0.2, 0.25) is 0 Å². The molecule has 0 saturated carbocycles. The molecule has 5 heteroatoms. The van der Waals surface area contributed by atoms with Crippen LogP contribution in [0.1, 0.15) is 17.2 Å². The molecule has 0 aliphatic carbocycles. The van der Waals surface area contributed by atoms with E-state index >= 15 is 0 Å². The third-order valence-electron chi connectivity index (χ3n) is 3.80. The van der Waals surface area contributed by atoms with Crippen molar-refractivity contribution in [2.75, 3.05) is 5.32 Å². The molecule has 4 rings (SSSR count). The number of rotatable bonds is 4. The van der Waals surface area contributed by atoms with Gasteiger partial charge in [0.05, 0.1) is 6.04 Å². The molecule has 0 saturated heterocycles. The van der Waals surface area contributed by atoms with Crippen molar-refractivity contribution in [3.8, 4) is 0 Å². The zero-order valence-corrected chi connectivity index (χ0v) is 12.7. The molecule has 0 bridgehead atoms. The van der Waals surface area contributed by atoms with Crippen LogP contribution in [0.4, 0.5) is 10.4 Å². The topological polar surface area (TPSA) is 51.0 Å². The SMILES string of the molecule is Fc1ccc(C(Nc2nc3ccccc3o2)c2ccncc2)cc1. The minimum absolute atomic E-state index is 0.221. The molecule has 1 atom stereocenters. The Bertz CT molecular complexity index is 918. The molecule has 118 valence electrons. The number of fused-ring (bicyclic) bond motifs is 1. The van der Waals surface area contributed by atoms with Crippen molar-refractivity contribution in [1.82, 2.24) is 9.97 Å². The van der Waals surface area contributed by atoms with Crippen LogP contribution in [0.3, 0.4) is 0 Å². The Hall–Kier alpha value is -3.21. The van der Waals surface area contributed by atoms with E-state index in [-0.39, 0.29) is 11.9 Å². The maximum atomic E-state index is 13.3. The number of hydrogen-bond donors (Lipinski definition) is 1. The van der Waals surface area contributed by atoms with Gasteiger partial charge in [-0.1, -0.05) is 24.3 Å². The predicted octanol–water partition coefficient (Wildman–Crippen LogP) is 4.56. The van der Waals surface area contributed by atoms with E-state index < -0.39 is 0 Å². The second kappa shape index (κ2) is 6.12. The van der Waals surface area contributed by atoms with Crippen LogP contribution in [0.25, 0.3) is 11.1 Å². The first-order valence-corrected chi connectivity index (χ1v) is 7.57. The predicted molar refractivity (Wildman–Crippen MR) is 90.1 cm³/mol. The van der Waals surface area contributed by atoms with Gasteiger partial charge in [0, 0.05) is 12.4 Å². The molecule has 0 spiro atoms. The number of oxazole rings is 1. The fourth-order valence-electron chi connectivity index (χ4n) is 2.63. The Labute approximate surface area is 138 Å². The van der Waals surface area contributed by atoms with Gasteiger partial charge in [-0.3, -0.25) is 4.98 Å². The van der Waals surface area contributed by atoms with Crippen molar-refractivity contribution < 1.29 is 8.81 Å². The molecule has 0 aliphatic heterocycles. The average Bonchev–Trinajstić information content (AvgIpc) is 3.04. The zero-order valence-electron chi connectivity index (χ0n) is 12.7. The van der Waals surface area contributed by atoms with E-state index in [0.29, 0.717) is 11.6 Å². The standard InChI is InChI=1S/C19H14FN3O/c20-15-7-5-13(6-8-15)18(14-9-11-21-12-10-14)23-19-22-16-3-1-2-4-17(16)24-19/h1-12,18H,(H,22,23). The third kappa shape index (κ3) is 2.84. The van der Waals surface area contributed by atoms with E-state index in [9.17, 15) is 4.39 Å². The maximum Gasteiger partial charge on any atom is 0.296 e. The monoisotopic (exact) mass is 319 g/mol. The minimum Gasteiger partial charge on any atom is -0.424 e. The Balaban J connectivity index is 1.73. The summed E-state index contributed by atoms with van der Waals surface area (Å²) in [5.41, 5.74) is 3.39. The van der Waals surface area contributed by atoms with Gasteiger partial charge < -0.3 is 9.73 Å². The minimum atomic E-state index is -0.269. The summed E-state index contributed by atoms with van der Waals surface area (Å²) in [5.74, 6) is -0.269. The highest BCUT2D eigenvalue weighted by Crippen LogP contribution is 2.28. The van der Waals surface area contributed by atoms with E-state index in [2.05, 4.69) is 15.3 Å². The van der Waals surface area contributed by atoms with E-state index in [4.69, 9.17) is 4.42 Å². The number of hydrogen-bond acceptors (Lipinski definition) is 4. The molecule has 0 aliphatic rings. The van der Waals surface area contributed by atoms with Gasteiger partial charge in [-0.15, -0.1) is 0 Å². The van der Waals surface area contributed by atoms with Crippen LogP contribution in [-0.2, 0) is 0 Å². The van der Waals surface area contributed by atoms with Crippen molar-refractivity contribution in [1.29, 1.82) is 0 Å². The number of anilines is 1. The van der Waals surface area contributed by atoms with Crippen molar-refractivity contribution in [3.05, 3.63) is 90.0 Å². The quantitative estimate of drug-likeness (QED) is 0.599. The summed E-state index contributed by atoms with van der Waals surface area (Å²) in [5, 5.41) is 3.29. The van der Waals surface area contributed by atoms with Gasteiger partial charge in [0.2, 0.25) is 0 Å². The molecule has 0 fully saturated rings. The number of nitrogens with zero attached hydrogens (tertiary/aromatic N) is 2. The first-order valence-electron chi connectivity index (χ1n) is 7.57. The molecule has 2 heterocycles. The highest BCUT2D eigenvalue weighted by atomic mass is 19.1. The molecule has 4 nitrogen and oxygen atoms in total. The number of para-hydroxylation sites is 2. The van der Waals surface area contributed by atoms with Gasteiger partial charge in [0.25, 0.3) is 6.01 Å². The third-order valence-corrected chi connectivity index (χ3v) is 3.80. The fraction of sp³-hybridized carbons (Fsp3) is 0.0526. The summed E-state index contributed by atoms with van der Waals surface area (Å²) in [7, 11) is 0. The Morgan fingerprint density at radius 3 is 2.33 bits per heavy atom. The van der Waals surface area contributed by atoms with Crippen LogP contribution < -0.4 is 5.32 Å². The zero-order chi connectivity index (χ0) is 16.4. The molecular formula is C19H14FN3O. The van der Waals surface area contributed by atoms with Crippen LogP contribution in [0, 0.1) is 5.82 Å². The van der Waals surface area contributed by atoms with Crippen molar-refractivity contribution >= 4 is 17.1 Å².